The molecule has 2 bridgehead atoms. The van der Waals surface area contributed by atoms with Crippen molar-refractivity contribution in [1.29, 1.82) is 0 Å². The summed E-state index contributed by atoms with van der Waals surface area (Å²) in [7, 11) is 0. The summed E-state index contributed by atoms with van der Waals surface area (Å²) in [5, 5.41) is 4.25. The number of halogens is 1. The van der Waals surface area contributed by atoms with Crippen molar-refractivity contribution >= 4 is 34.5 Å². The predicted octanol–water partition coefficient (Wildman–Crippen LogP) is 3.57. The molecule has 0 amide bonds. The lowest BCUT2D eigenvalue weighted by Crippen LogP contribution is -2.25. The van der Waals surface area contributed by atoms with Gasteiger partial charge in [-0.05, 0) is 49.3 Å². The first kappa shape index (κ1) is 12.2. The van der Waals surface area contributed by atoms with Gasteiger partial charge >= 0.3 is 0 Å². The minimum absolute atomic E-state index is 0.353. The molecule has 2 aliphatic carbocycles. The first-order valence-electron chi connectivity index (χ1n) is 6.49. The number of hydrogen-bond acceptors (Lipinski definition) is 2. The molecule has 2 saturated carbocycles. The van der Waals surface area contributed by atoms with Gasteiger partial charge in [-0.25, -0.2) is 0 Å². The minimum Gasteiger partial charge on any atom is -0.389 e. The molecule has 3 unspecified atom stereocenters. The van der Waals surface area contributed by atoms with E-state index in [0.29, 0.717) is 16.1 Å². The van der Waals surface area contributed by atoms with E-state index in [-0.39, 0.29) is 0 Å². The van der Waals surface area contributed by atoms with Crippen LogP contribution in [-0.2, 0) is 0 Å². The Morgan fingerprint density at radius 3 is 2.72 bits per heavy atom. The first-order chi connectivity index (χ1) is 8.63. The van der Waals surface area contributed by atoms with E-state index in [2.05, 4.69) is 5.32 Å². The lowest BCUT2D eigenvalue weighted by atomic mass is 9.95. The summed E-state index contributed by atoms with van der Waals surface area (Å²) in [5.74, 6) is 1.79. The van der Waals surface area contributed by atoms with Crippen LogP contribution < -0.4 is 11.1 Å². The van der Waals surface area contributed by atoms with Gasteiger partial charge < -0.3 is 11.1 Å². The second-order valence-electron chi connectivity index (χ2n) is 5.48. The van der Waals surface area contributed by atoms with Crippen molar-refractivity contribution in [2.75, 3.05) is 5.32 Å². The molecule has 0 heterocycles. The number of nitrogens with two attached hydrogens (primary N) is 1. The maximum atomic E-state index is 6.18. The Labute approximate surface area is 118 Å². The van der Waals surface area contributed by atoms with Gasteiger partial charge in [0.15, 0.2) is 0 Å². The highest BCUT2D eigenvalue weighted by atomic mass is 35.5. The lowest BCUT2D eigenvalue weighted by Gasteiger charge is -2.24. The molecule has 3 N–H and O–H groups in total. The van der Waals surface area contributed by atoms with Crippen molar-refractivity contribution in [3.63, 3.8) is 0 Å². The van der Waals surface area contributed by atoms with Crippen LogP contribution in [0.15, 0.2) is 18.2 Å². The maximum Gasteiger partial charge on any atom is 0.105 e. The smallest absolute Gasteiger partial charge is 0.105 e. The molecule has 2 nitrogen and oxygen atoms in total. The molecule has 0 radical (unpaired) electrons. The molecule has 0 saturated heterocycles. The van der Waals surface area contributed by atoms with E-state index in [9.17, 15) is 0 Å². The van der Waals surface area contributed by atoms with E-state index < -0.39 is 0 Å². The number of hydrogen-bond donors (Lipinski definition) is 2. The van der Waals surface area contributed by atoms with Crippen LogP contribution in [0, 0.1) is 11.8 Å². The fourth-order valence-electron chi connectivity index (χ4n) is 3.44. The fourth-order valence-corrected chi connectivity index (χ4v) is 3.96. The van der Waals surface area contributed by atoms with Crippen molar-refractivity contribution < 1.29 is 0 Å². The minimum atomic E-state index is 0.353. The maximum absolute atomic E-state index is 6.18. The molecule has 2 aliphatic rings. The van der Waals surface area contributed by atoms with Crippen molar-refractivity contribution in [2.45, 2.75) is 31.7 Å². The van der Waals surface area contributed by atoms with E-state index in [1.54, 1.807) is 0 Å². The van der Waals surface area contributed by atoms with E-state index >= 15 is 0 Å². The fraction of sp³-hybridized carbons (Fsp3) is 0.500. The third kappa shape index (κ3) is 2.21. The van der Waals surface area contributed by atoms with Crippen molar-refractivity contribution in [2.24, 2.45) is 17.6 Å². The van der Waals surface area contributed by atoms with Gasteiger partial charge in [-0.3, -0.25) is 0 Å². The van der Waals surface area contributed by atoms with Gasteiger partial charge in [-0.15, -0.1) is 0 Å². The van der Waals surface area contributed by atoms with Gasteiger partial charge in [0.05, 0.1) is 5.02 Å². The Morgan fingerprint density at radius 1 is 1.33 bits per heavy atom. The summed E-state index contributed by atoms with van der Waals surface area (Å²) < 4.78 is 0. The van der Waals surface area contributed by atoms with Gasteiger partial charge in [0.25, 0.3) is 0 Å². The number of rotatable bonds is 3. The molecule has 4 heteroatoms. The molecule has 0 spiro atoms. The zero-order chi connectivity index (χ0) is 12.7. The zero-order valence-electron chi connectivity index (χ0n) is 10.2. The van der Waals surface area contributed by atoms with Crippen LogP contribution in [0.5, 0.6) is 0 Å². The van der Waals surface area contributed by atoms with Gasteiger partial charge in [-0.1, -0.05) is 30.2 Å². The Balaban J connectivity index is 1.74. The highest BCUT2D eigenvalue weighted by molar-refractivity contribution is 7.80. The van der Waals surface area contributed by atoms with Gasteiger partial charge in [0.1, 0.15) is 4.99 Å². The molecule has 18 heavy (non-hydrogen) atoms. The van der Waals surface area contributed by atoms with Crippen molar-refractivity contribution in [1.82, 2.24) is 0 Å². The summed E-state index contributed by atoms with van der Waals surface area (Å²) in [6.07, 6.45) is 5.50. The van der Waals surface area contributed by atoms with Crippen LogP contribution in [0.1, 0.15) is 31.2 Å². The van der Waals surface area contributed by atoms with Crippen LogP contribution in [0.2, 0.25) is 5.02 Å². The molecule has 0 aliphatic heterocycles. The number of thiocarbonyl (C=S) groups is 1. The largest absolute Gasteiger partial charge is 0.389 e. The molecule has 2 fully saturated rings. The summed E-state index contributed by atoms with van der Waals surface area (Å²) in [4.78, 5) is 0.353. The summed E-state index contributed by atoms with van der Waals surface area (Å²) >= 11 is 11.1. The number of benzene rings is 1. The number of anilines is 1. The first-order valence-corrected chi connectivity index (χ1v) is 7.28. The molecule has 1 aromatic rings. The van der Waals surface area contributed by atoms with Gasteiger partial charge in [0.2, 0.25) is 0 Å². The third-order valence-corrected chi connectivity index (χ3v) is 4.86. The summed E-state index contributed by atoms with van der Waals surface area (Å²) in [6.45, 7) is 0. The topological polar surface area (TPSA) is 38.0 Å². The van der Waals surface area contributed by atoms with Gasteiger partial charge in [-0.2, -0.15) is 0 Å². The third-order valence-electron chi connectivity index (χ3n) is 4.32. The lowest BCUT2D eigenvalue weighted by molar-refractivity contribution is 0.440. The average molecular weight is 281 g/mol. The Kier molecular flexibility index (Phi) is 3.20. The van der Waals surface area contributed by atoms with E-state index in [0.717, 1.165) is 23.1 Å². The van der Waals surface area contributed by atoms with Gasteiger partial charge in [0, 0.05) is 17.3 Å². The van der Waals surface area contributed by atoms with Crippen LogP contribution in [0.25, 0.3) is 0 Å². The molecular weight excluding hydrogens is 264 g/mol. The summed E-state index contributed by atoms with van der Waals surface area (Å²) in [6, 6.07) is 6.48. The highest BCUT2D eigenvalue weighted by Gasteiger charge is 2.39. The van der Waals surface area contributed by atoms with E-state index in [4.69, 9.17) is 29.6 Å². The Hall–Kier alpha value is -0.800. The quantitative estimate of drug-likeness (QED) is 0.831. The second kappa shape index (κ2) is 4.71. The number of nitrogens with one attached hydrogen (secondary N) is 1. The zero-order valence-corrected chi connectivity index (χ0v) is 11.7. The standard InChI is InChI=1S/C14H17ClN2S/c15-12-7-10(3-4-11(12)14(16)18)17-13-6-8-1-2-9(13)5-8/h3-4,7-9,13,17H,1-2,5-6H2,(H2,16,18). The van der Waals surface area contributed by atoms with Crippen molar-refractivity contribution in [3.05, 3.63) is 28.8 Å². The van der Waals surface area contributed by atoms with E-state index in [1.807, 2.05) is 18.2 Å². The predicted molar refractivity (Wildman–Crippen MR) is 80.2 cm³/mol. The SMILES string of the molecule is NC(=S)c1ccc(NC2CC3CCC2C3)cc1Cl. The molecule has 96 valence electrons. The van der Waals surface area contributed by atoms with Crippen LogP contribution in [-0.4, -0.2) is 11.0 Å². The number of fused-ring (bicyclic) bond motifs is 2. The molecule has 3 atom stereocenters. The highest BCUT2D eigenvalue weighted by Crippen LogP contribution is 2.45. The van der Waals surface area contributed by atoms with Crippen molar-refractivity contribution in [3.8, 4) is 0 Å². The Bertz CT molecular complexity index is 489. The summed E-state index contributed by atoms with van der Waals surface area (Å²) in [5.41, 5.74) is 7.44. The van der Waals surface area contributed by atoms with Crippen LogP contribution in [0.3, 0.4) is 0 Å². The molecule has 0 aromatic heterocycles. The van der Waals surface area contributed by atoms with Crippen LogP contribution in [0.4, 0.5) is 5.69 Å². The van der Waals surface area contributed by atoms with Crippen LogP contribution >= 0.6 is 23.8 Å². The van der Waals surface area contributed by atoms with E-state index in [1.165, 1.54) is 25.7 Å². The Morgan fingerprint density at radius 2 is 2.17 bits per heavy atom. The monoisotopic (exact) mass is 280 g/mol. The molecule has 1 aromatic carbocycles. The average Bonchev–Trinajstić information content (AvgIpc) is 2.90. The molecule has 3 rings (SSSR count). The molecular formula is C14H17ClN2S. The second-order valence-corrected chi connectivity index (χ2v) is 6.33. The normalized spacial score (nSPS) is 29.5.